The van der Waals surface area contributed by atoms with Gasteiger partial charge >= 0.3 is 0 Å². The number of nitrogens with one attached hydrogen (secondary N) is 2. The van der Waals surface area contributed by atoms with Gasteiger partial charge in [0.2, 0.25) is 5.91 Å². The second-order valence-corrected chi connectivity index (χ2v) is 6.44. The molecule has 1 saturated carbocycles. The van der Waals surface area contributed by atoms with Crippen molar-refractivity contribution in [1.82, 2.24) is 20.1 Å². The lowest BCUT2D eigenvalue weighted by atomic mass is 10.4. The molecule has 2 aromatic rings. The molecule has 2 heterocycles. The van der Waals surface area contributed by atoms with Crippen molar-refractivity contribution < 1.29 is 9.90 Å². The van der Waals surface area contributed by atoms with Crippen molar-refractivity contribution in [3.63, 3.8) is 0 Å². The Morgan fingerprint density at radius 3 is 3.09 bits per heavy atom. The Balaban J connectivity index is 1.47. The van der Waals surface area contributed by atoms with Crippen LogP contribution in [0.5, 0.6) is 0 Å². The van der Waals surface area contributed by atoms with Crippen molar-refractivity contribution in [2.24, 2.45) is 0 Å². The zero-order valence-corrected chi connectivity index (χ0v) is 13.0. The highest BCUT2D eigenvalue weighted by molar-refractivity contribution is 7.11. The summed E-state index contributed by atoms with van der Waals surface area (Å²) in [6.07, 6.45) is 7.96. The van der Waals surface area contributed by atoms with Gasteiger partial charge in [-0.3, -0.25) is 9.48 Å². The predicted molar refractivity (Wildman–Crippen MR) is 83.7 cm³/mol. The third-order valence-corrected chi connectivity index (χ3v) is 4.50. The predicted octanol–water partition coefficient (Wildman–Crippen LogP) is 0.938. The largest absolute Gasteiger partial charge is 0.395 e. The maximum Gasteiger partial charge on any atom is 0.241 e. The fourth-order valence-corrected chi connectivity index (χ4v) is 3.08. The summed E-state index contributed by atoms with van der Waals surface area (Å²) in [7, 11) is 0. The van der Waals surface area contributed by atoms with Crippen LogP contribution in [-0.2, 0) is 17.9 Å². The van der Waals surface area contributed by atoms with Gasteiger partial charge in [0.05, 0.1) is 30.0 Å². The summed E-state index contributed by atoms with van der Waals surface area (Å²) in [6, 6.07) is 0. The minimum absolute atomic E-state index is 0.0602. The van der Waals surface area contributed by atoms with Gasteiger partial charge in [-0.25, -0.2) is 4.98 Å². The number of thiazole rings is 1. The smallest absolute Gasteiger partial charge is 0.241 e. The first-order chi connectivity index (χ1) is 10.7. The lowest BCUT2D eigenvalue weighted by Gasteiger charge is -2.03. The van der Waals surface area contributed by atoms with Crippen LogP contribution in [0.2, 0.25) is 0 Å². The van der Waals surface area contributed by atoms with Gasteiger partial charge in [-0.2, -0.15) is 5.10 Å². The van der Waals surface area contributed by atoms with E-state index in [9.17, 15) is 4.79 Å². The Hall–Kier alpha value is -1.93. The average Bonchev–Trinajstić information content (AvgIpc) is 3.09. The molecule has 0 aromatic carbocycles. The van der Waals surface area contributed by atoms with Crippen LogP contribution in [-0.4, -0.2) is 38.9 Å². The van der Waals surface area contributed by atoms with E-state index in [0.717, 1.165) is 5.69 Å². The van der Waals surface area contributed by atoms with E-state index in [1.165, 1.54) is 22.7 Å². The third-order valence-electron chi connectivity index (χ3n) is 3.34. The second kappa shape index (κ2) is 6.89. The molecule has 0 bridgehead atoms. The minimum atomic E-state index is -0.166. The summed E-state index contributed by atoms with van der Waals surface area (Å²) in [5, 5.41) is 19.9. The Labute approximate surface area is 132 Å². The topological polar surface area (TPSA) is 92.1 Å². The monoisotopic (exact) mass is 321 g/mol. The maximum absolute atomic E-state index is 11.5. The fourth-order valence-electron chi connectivity index (χ4n) is 2.05. The minimum Gasteiger partial charge on any atom is -0.395 e. The van der Waals surface area contributed by atoms with Crippen LogP contribution in [0.3, 0.4) is 0 Å². The Morgan fingerprint density at radius 1 is 1.45 bits per heavy atom. The molecule has 22 heavy (non-hydrogen) atoms. The zero-order valence-electron chi connectivity index (χ0n) is 12.2. The molecule has 8 heteroatoms. The zero-order chi connectivity index (χ0) is 15.4. The van der Waals surface area contributed by atoms with E-state index in [0.29, 0.717) is 12.5 Å². The van der Waals surface area contributed by atoms with Gasteiger partial charge in [0, 0.05) is 29.7 Å². The lowest BCUT2D eigenvalue weighted by molar-refractivity contribution is -0.122. The number of nitrogens with zero attached hydrogens (tertiary/aromatic N) is 3. The van der Waals surface area contributed by atoms with Gasteiger partial charge in [0.15, 0.2) is 0 Å². The van der Waals surface area contributed by atoms with Crippen molar-refractivity contribution in [3.8, 4) is 0 Å². The van der Waals surface area contributed by atoms with Crippen LogP contribution in [0.1, 0.15) is 28.6 Å². The first-order valence-electron chi connectivity index (χ1n) is 7.33. The van der Waals surface area contributed by atoms with E-state index < -0.39 is 0 Å². The quantitative estimate of drug-likeness (QED) is 0.673. The first-order valence-corrected chi connectivity index (χ1v) is 8.14. The number of hydrogen-bond donors (Lipinski definition) is 3. The summed E-state index contributed by atoms with van der Waals surface area (Å²) in [6.45, 7) is 1.07. The van der Waals surface area contributed by atoms with Crippen molar-refractivity contribution in [3.05, 3.63) is 28.5 Å². The van der Waals surface area contributed by atoms with E-state index in [-0.39, 0.29) is 25.6 Å². The molecule has 0 aliphatic heterocycles. The molecule has 0 unspecified atom stereocenters. The summed E-state index contributed by atoms with van der Waals surface area (Å²) in [5.41, 5.74) is 0.872. The molecular weight excluding hydrogens is 302 g/mol. The molecule has 3 N–H and O–H groups in total. The van der Waals surface area contributed by atoms with Crippen molar-refractivity contribution in [1.29, 1.82) is 0 Å². The van der Waals surface area contributed by atoms with E-state index in [1.54, 1.807) is 28.4 Å². The van der Waals surface area contributed by atoms with Crippen LogP contribution in [0.15, 0.2) is 18.6 Å². The molecule has 0 atom stereocenters. The number of amides is 1. The van der Waals surface area contributed by atoms with Gasteiger partial charge in [-0.1, -0.05) is 0 Å². The van der Waals surface area contributed by atoms with Crippen LogP contribution in [0.25, 0.3) is 0 Å². The Bertz CT molecular complexity index is 635. The summed E-state index contributed by atoms with van der Waals surface area (Å²) >= 11 is 1.76. The standard InChI is InChI=1S/C14H19N5O2S/c20-4-3-15-13(21)9-19-8-11(5-18-19)16-6-12-7-17-14(22-12)10-1-2-10/h5,7-8,10,16,20H,1-4,6,9H2,(H,15,21). The summed E-state index contributed by atoms with van der Waals surface area (Å²) in [5.74, 6) is 0.527. The van der Waals surface area contributed by atoms with Gasteiger partial charge in [0.1, 0.15) is 6.54 Å². The average molecular weight is 321 g/mol. The van der Waals surface area contributed by atoms with Crippen molar-refractivity contribution in [2.75, 3.05) is 18.5 Å². The van der Waals surface area contributed by atoms with E-state index in [1.807, 2.05) is 6.20 Å². The lowest BCUT2D eigenvalue weighted by Crippen LogP contribution is -2.30. The number of carbonyl (C=O) groups excluding carboxylic acids is 1. The molecule has 3 rings (SSSR count). The van der Waals surface area contributed by atoms with Crippen LogP contribution in [0.4, 0.5) is 5.69 Å². The van der Waals surface area contributed by atoms with E-state index >= 15 is 0 Å². The molecule has 1 aliphatic rings. The molecule has 1 aliphatic carbocycles. The number of aliphatic hydroxyl groups is 1. The van der Waals surface area contributed by atoms with Crippen LogP contribution in [0, 0.1) is 0 Å². The Kier molecular flexibility index (Phi) is 4.69. The number of hydrogen-bond acceptors (Lipinski definition) is 6. The van der Waals surface area contributed by atoms with Crippen molar-refractivity contribution >= 4 is 22.9 Å². The summed E-state index contributed by atoms with van der Waals surface area (Å²) < 4.78 is 1.57. The molecule has 0 spiro atoms. The van der Waals surface area contributed by atoms with Crippen LogP contribution >= 0.6 is 11.3 Å². The highest BCUT2D eigenvalue weighted by atomic mass is 32.1. The highest BCUT2D eigenvalue weighted by Gasteiger charge is 2.26. The van der Waals surface area contributed by atoms with Gasteiger partial charge < -0.3 is 15.7 Å². The molecule has 0 saturated heterocycles. The van der Waals surface area contributed by atoms with Crippen LogP contribution < -0.4 is 10.6 Å². The van der Waals surface area contributed by atoms with E-state index in [2.05, 4.69) is 20.7 Å². The molecule has 0 radical (unpaired) electrons. The third kappa shape index (κ3) is 4.05. The van der Waals surface area contributed by atoms with Gasteiger partial charge in [-0.15, -0.1) is 11.3 Å². The Morgan fingerprint density at radius 2 is 2.32 bits per heavy atom. The van der Waals surface area contributed by atoms with E-state index in [4.69, 9.17) is 5.11 Å². The summed E-state index contributed by atoms with van der Waals surface area (Å²) in [4.78, 5) is 17.2. The number of aliphatic hydroxyl groups excluding tert-OH is 1. The molecule has 118 valence electrons. The SMILES string of the molecule is O=C(Cn1cc(NCc2cnc(C3CC3)s2)cn1)NCCO. The van der Waals surface area contributed by atoms with Gasteiger partial charge in [0.25, 0.3) is 0 Å². The number of carbonyl (C=O) groups is 1. The molecule has 2 aromatic heterocycles. The molecule has 1 fully saturated rings. The molecule has 7 nitrogen and oxygen atoms in total. The molecular formula is C14H19N5O2S. The first kappa shape index (κ1) is 15.0. The van der Waals surface area contributed by atoms with Gasteiger partial charge in [-0.05, 0) is 12.8 Å². The highest BCUT2D eigenvalue weighted by Crippen LogP contribution is 2.41. The molecule has 1 amide bonds. The number of aromatic nitrogens is 3. The fraction of sp³-hybridized carbons (Fsp3) is 0.500. The maximum atomic E-state index is 11.5. The number of anilines is 1. The van der Waals surface area contributed by atoms with Crippen molar-refractivity contribution in [2.45, 2.75) is 31.8 Å². The normalized spacial score (nSPS) is 14.0. The number of rotatable bonds is 8. The second-order valence-electron chi connectivity index (χ2n) is 5.29.